The van der Waals surface area contributed by atoms with Crippen LogP contribution in [0.1, 0.15) is 38.3 Å². The van der Waals surface area contributed by atoms with Crippen molar-refractivity contribution < 1.29 is 14.5 Å². The molecule has 0 bridgehead atoms. The van der Waals surface area contributed by atoms with Crippen molar-refractivity contribution in [3.63, 3.8) is 0 Å². The molecule has 0 aliphatic carbocycles. The Morgan fingerprint density at radius 2 is 1.38 bits per heavy atom. The fraction of sp³-hybridized carbons (Fsp3) is 0.310. The summed E-state index contributed by atoms with van der Waals surface area (Å²) in [7, 11) is 0. The summed E-state index contributed by atoms with van der Waals surface area (Å²) in [6.07, 6.45) is 0.813. The van der Waals surface area contributed by atoms with Crippen molar-refractivity contribution >= 4 is 12.2 Å². The summed E-state index contributed by atoms with van der Waals surface area (Å²) >= 11 is 0. The lowest BCUT2D eigenvalue weighted by Crippen LogP contribution is -2.54. The van der Waals surface area contributed by atoms with Gasteiger partial charge in [-0.3, -0.25) is 29.5 Å². The van der Waals surface area contributed by atoms with Gasteiger partial charge in [-0.15, -0.1) is 0 Å². The zero-order chi connectivity index (χ0) is 26.1. The molecule has 3 aromatic rings. The van der Waals surface area contributed by atoms with E-state index in [1.54, 1.807) is 24.3 Å². The van der Waals surface area contributed by atoms with Gasteiger partial charge >= 0.3 is 0 Å². The minimum atomic E-state index is -1.27. The van der Waals surface area contributed by atoms with Gasteiger partial charge in [0.05, 0.1) is 13.1 Å². The lowest BCUT2D eigenvalue weighted by molar-refractivity contribution is -0.571. The molecule has 37 heavy (non-hydrogen) atoms. The quantitative estimate of drug-likeness (QED) is 0.259. The molecule has 1 amide bonds. The summed E-state index contributed by atoms with van der Waals surface area (Å²) in [6, 6.07) is 26.5. The highest BCUT2D eigenvalue weighted by Gasteiger charge is 2.47. The van der Waals surface area contributed by atoms with E-state index >= 15 is 0 Å². The first-order chi connectivity index (χ1) is 18.0. The maximum absolute atomic E-state index is 12.8. The Morgan fingerprint density at radius 1 is 0.865 bits per heavy atom. The van der Waals surface area contributed by atoms with Crippen molar-refractivity contribution in [2.24, 2.45) is 0 Å². The van der Waals surface area contributed by atoms with Gasteiger partial charge in [0, 0.05) is 55.2 Å². The third-order valence-electron chi connectivity index (χ3n) is 6.86. The zero-order valence-electron chi connectivity index (χ0n) is 20.8. The molecule has 0 unspecified atom stereocenters. The van der Waals surface area contributed by atoms with Gasteiger partial charge in [0.25, 0.3) is 5.91 Å². The molecule has 1 aliphatic rings. The number of hydrogen-bond donors (Lipinski definition) is 1. The molecule has 4 rings (SSSR count). The molecule has 8 heteroatoms. The largest absolute Gasteiger partial charge is 0.352 e. The Labute approximate surface area is 217 Å². The Morgan fingerprint density at radius 3 is 1.89 bits per heavy atom. The van der Waals surface area contributed by atoms with Crippen LogP contribution < -0.4 is 5.32 Å². The van der Waals surface area contributed by atoms with Crippen LogP contribution in [0.2, 0.25) is 0 Å². The minimum Gasteiger partial charge on any atom is -0.352 e. The van der Waals surface area contributed by atoms with Gasteiger partial charge in [-0.2, -0.15) is 0 Å². The predicted octanol–water partition coefficient (Wildman–Crippen LogP) is 3.65. The monoisotopic (exact) mass is 500 g/mol. The minimum absolute atomic E-state index is 0.130. The number of nitro groups is 1. The molecule has 0 saturated carbocycles. The van der Waals surface area contributed by atoms with E-state index in [9.17, 15) is 19.7 Å². The normalized spacial score (nSPS) is 16.0. The average molecular weight is 501 g/mol. The predicted molar refractivity (Wildman–Crippen MR) is 142 cm³/mol. The maximum atomic E-state index is 12.8. The van der Waals surface area contributed by atoms with Crippen LogP contribution in [0.5, 0.6) is 0 Å². The summed E-state index contributed by atoms with van der Waals surface area (Å²) in [6.45, 7) is 3.34. The molecule has 0 aromatic heterocycles. The molecular formula is C29H32N4O4. The zero-order valence-corrected chi connectivity index (χ0v) is 20.8. The highest BCUT2D eigenvalue weighted by molar-refractivity contribution is 6.01. The molecule has 0 radical (unpaired) electrons. The lowest BCUT2D eigenvalue weighted by Gasteiger charge is -2.30. The van der Waals surface area contributed by atoms with Crippen LogP contribution in [-0.4, -0.2) is 65.2 Å². The lowest BCUT2D eigenvalue weighted by atomic mass is 9.94. The Kier molecular flexibility index (Phi) is 8.77. The second-order valence-electron chi connectivity index (χ2n) is 9.58. The first-order valence-corrected chi connectivity index (χ1v) is 12.5. The number of carbonyl (C=O) groups is 2. The number of hydrogen-bond acceptors (Lipinski definition) is 6. The van der Waals surface area contributed by atoms with Crippen molar-refractivity contribution in [2.75, 3.05) is 32.7 Å². The topological polar surface area (TPSA) is 95.8 Å². The number of nitrogens with one attached hydrogen (secondary N) is 1. The van der Waals surface area contributed by atoms with Crippen LogP contribution in [0.3, 0.4) is 0 Å². The fourth-order valence-corrected chi connectivity index (χ4v) is 4.95. The van der Waals surface area contributed by atoms with E-state index in [4.69, 9.17) is 0 Å². The number of rotatable bonds is 10. The van der Waals surface area contributed by atoms with Crippen LogP contribution >= 0.6 is 0 Å². The summed E-state index contributed by atoms with van der Waals surface area (Å²) in [5.41, 5.74) is 1.51. The molecule has 1 heterocycles. The number of nitrogens with zero attached hydrogens (tertiary/aromatic N) is 3. The number of benzene rings is 3. The second-order valence-corrected chi connectivity index (χ2v) is 9.58. The van der Waals surface area contributed by atoms with E-state index in [1.807, 2.05) is 60.7 Å². The van der Waals surface area contributed by atoms with Crippen molar-refractivity contribution in [3.8, 4) is 0 Å². The molecule has 1 N–H and O–H groups in total. The molecule has 192 valence electrons. The van der Waals surface area contributed by atoms with E-state index in [0.717, 1.165) is 11.1 Å². The van der Waals surface area contributed by atoms with Gasteiger partial charge < -0.3 is 5.32 Å². The SMILES string of the molecule is O=Cc1ccccc1C(=O)NCCC1([N+](=O)[O-])CN(Cc2ccccc2)CCN(Cc2ccccc2)C1. The second kappa shape index (κ2) is 12.4. The van der Waals surface area contributed by atoms with Gasteiger partial charge in [0.2, 0.25) is 5.54 Å². The molecule has 3 aromatic carbocycles. The van der Waals surface area contributed by atoms with Crippen molar-refractivity contribution in [2.45, 2.75) is 25.0 Å². The van der Waals surface area contributed by atoms with E-state index in [1.165, 1.54) is 0 Å². The number of carbonyl (C=O) groups excluding carboxylic acids is 2. The van der Waals surface area contributed by atoms with Crippen molar-refractivity contribution in [3.05, 3.63) is 117 Å². The number of aldehydes is 1. The van der Waals surface area contributed by atoms with Crippen LogP contribution in [0, 0.1) is 10.1 Å². The maximum Gasteiger partial charge on any atom is 0.252 e. The van der Waals surface area contributed by atoms with Crippen molar-refractivity contribution in [1.29, 1.82) is 0 Å². The highest BCUT2D eigenvalue weighted by Crippen LogP contribution is 2.24. The standard InChI is InChI=1S/C29H32N4O4/c34-21-26-13-7-8-14-27(26)28(35)30-16-15-29(33(36)37)22-31(19-24-9-3-1-4-10-24)17-18-32(23-29)20-25-11-5-2-6-12-25/h1-14,21H,15-20,22-23H2,(H,30,35). The van der Waals surface area contributed by atoms with Crippen LogP contribution in [-0.2, 0) is 13.1 Å². The summed E-state index contributed by atoms with van der Waals surface area (Å²) in [4.78, 5) is 40.9. The summed E-state index contributed by atoms with van der Waals surface area (Å²) in [5.74, 6) is -0.405. The first kappa shape index (κ1) is 26.2. The van der Waals surface area contributed by atoms with Crippen molar-refractivity contribution in [1.82, 2.24) is 15.1 Å². The van der Waals surface area contributed by atoms with Gasteiger partial charge in [-0.25, -0.2) is 0 Å². The summed E-state index contributed by atoms with van der Waals surface area (Å²) < 4.78 is 0. The molecular weight excluding hydrogens is 468 g/mol. The fourth-order valence-electron chi connectivity index (χ4n) is 4.95. The van der Waals surface area contributed by atoms with E-state index in [2.05, 4.69) is 15.1 Å². The van der Waals surface area contributed by atoms with E-state index in [0.29, 0.717) is 38.0 Å². The van der Waals surface area contributed by atoms with Gasteiger partial charge in [-0.05, 0) is 17.2 Å². The molecule has 1 aliphatic heterocycles. The molecule has 1 fully saturated rings. The average Bonchev–Trinajstić information content (AvgIpc) is 3.09. The third-order valence-corrected chi connectivity index (χ3v) is 6.86. The Balaban J connectivity index is 1.53. The Hall–Kier alpha value is -3.88. The molecule has 1 saturated heterocycles. The van der Waals surface area contributed by atoms with Crippen LogP contribution in [0.4, 0.5) is 0 Å². The smallest absolute Gasteiger partial charge is 0.252 e. The third kappa shape index (κ3) is 6.87. The Bertz CT molecular complexity index is 1150. The number of amides is 1. The highest BCUT2D eigenvalue weighted by atomic mass is 16.6. The van der Waals surface area contributed by atoms with Gasteiger partial charge in [-0.1, -0.05) is 78.9 Å². The molecule has 0 atom stereocenters. The van der Waals surface area contributed by atoms with E-state index < -0.39 is 11.4 Å². The van der Waals surface area contributed by atoms with Crippen LogP contribution in [0.15, 0.2) is 84.9 Å². The molecule has 0 spiro atoms. The van der Waals surface area contributed by atoms with Crippen LogP contribution in [0.25, 0.3) is 0 Å². The van der Waals surface area contributed by atoms with Gasteiger partial charge in [0.15, 0.2) is 6.29 Å². The molecule has 8 nitrogen and oxygen atoms in total. The first-order valence-electron chi connectivity index (χ1n) is 12.5. The van der Waals surface area contributed by atoms with Gasteiger partial charge in [0.1, 0.15) is 0 Å². The summed E-state index contributed by atoms with van der Waals surface area (Å²) in [5, 5.41) is 15.5. The van der Waals surface area contributed by atoms with E-state index in [-0.39, 0.29) is 36.5 Å².